The fraction of sp³-hybridized carbons (Fsp3) is 0.227. The fourth-order valence-electron chi connectivity index (χ4n) is 3.19. The third kappa shape index (κ3) is 4.45. The Morgan fingerprint density at radius 1 is 1.14 bits per heavy atom. The second kappa shape index (κ2) is 8.18. The van der Waals surface area contributed by atoms with Crippen molar-refractivity contribution < 1.29 is 14.3 Å². The van der Waals surface area contributed by atoms with Crippen LogP contribution in [0, 0.1) is 6.92 Å². The number of nitrogens with zero attached hydrogens (tertiary/aromatic N) is 1. The van der Waals surface area contributed by atoms with E-state index in [0.29, 0.717) is 31.7 Å². The van der Waals surface area contributed by atoms with Gasteiger partial charge in [-0.05, 0) is 43.2 Å². The molecule has 0 radical (unpaired) electrons. The molecule has 0 bridgehead atoms. The zero-order valence-electron chi connectivity index (χ0n) is 16.1. The van der Waals surface area contributed by atoms with Crippen molar-refractivity contribution in [2.75, 3.05) is 18.5 Å². The first-order chi connectivity index (χ1) is 14.1. The van der Waals surface area contributed by atoms with Crippen LogP contribution in [0.4, 0.5) is 5.69 Å². The highest BCUT2D eigenvalue weighted by molar-refractivity contribution is 5.94. The van der Waals surface area contributed by atoms with Gasteiger partial charge in [0, 0.05) is 17.7 Å². The number of ether oxygens (including phenoxy) is 1. The summed E-state index contributed by atoms with van der Waals surface area (Å²) < 4.78 is 5.72. The Balaban J connectivity index is 1.27. The smallest absolute Gasteiger partial charge is 0.269 e. The average molecular weight is 390 g/mol. The number of hydrogen-bond acceptors (Lipinski definition) is 4. The molecule has 0 unspecified atom stereocenters. The van der Waals surface area contributed by atoms with E-state index in [1.165, 1.54) is 5.56 Å². The predicted octanol–water partition coefficient (Wildman–Crippen LogP) is 3.08. The Morgan fingerprint density at radius 3 is 2.79 bits per heavy atom. The van der Waals surface area contributed by atoms with Crippen LogP contribution in [0.3, 0.4) is 0 Å². The summed E-state index contributed by atoms with van der Waals surface area (Å²) in [6, 6.07) is 15.3. The van der Waals surface area contributed by atoms with E-state index in [2.05, 4.69) is 20.8 Å². The van der Waals surface area contributed by atoms with Crippen molar-refractivity contribution in [2.45, 2.75) is 19.8 Å². The maximum absolute atomic E-state index is 12.3. The Labute approximate surface area is 168 Å². The Morgan fingerprint density at radius 2 is 1.97 bits per heavy atom. The SMILES string of the molecule is Cc1ccc(-c2cc(C(=O)NCCOc3ccc4c(c3)CCC(=O)N4)[nH]n2)cc1. The van der Waals surface area contributed by atoms with E-state index in [0.717, 1.165) is 28.3 Å². The van der Waals surface area contributed by atoms with E-state index in [1.54, 1.807) is 6.07 Å². The summed E-state index contributed by atoms with van der Waals surface area (Å²) in [7, 11) is 0. The van der Waals surface area contributed by atoms with Crippen LogP contribution in [-0.2, 0) is 11.2 Å². The van der Waals surface area contributed by atoms with Gasteiger partial charge < -0.3 is 15.4 Å². The molecule has 0 fully saturated rings. The normalized spacial score (nSPS) is 12.8. The van der Waals surface area contributed by atoms with Gasteiger partial charge in [-0.2, -0.15) is 5.10 Å². The van der Waals surface area contributed by atoms with Crippen molar-refractivity contribution in [2.24, 2.45) is 0 Å². The zero-order valence-corrected chi connectivity index (χ0v) is 16.1. The molecular weight excluding hydrogens is 368 g/mol. The number of hydrogen-bond donors (Lipinski definition) is 3. The van der Waals surface area contributed by atoms with Gasteiger partial charge in [0.05, 0.1) is 12.2 Å². The van der Waals surface area contributed by atoms with Crippen LogP contribution < -0.4 is 15.4 Å². The van der Waals surface area contributed by atoms with Crippen molar-refractivity contribution in [3.8, 4) is 17.0 Å². The molecule has 148 valence electrons. The summed E-state index contributed by atoms with van der Waals surface area (Å²) in [6.07, 6.45) is 1.19. The van der Waals surface area contributed by atoms with E-state index < -0.39 is 0 Å². The molecule has 7 nitrogen and oxygen atoms in total. The van der Waals surface area contributed by atoms with Crippen LogP contribution in [0.2, 0.25) is 0 Å². The van der Waals surface area contributed by atoms with Crippen molar-refractivity contribution in [1.29, 1.82) is 0 Å². The highest BCUT2D eigenvalue weighted by atomic mass is 16.5. The van der Waals surface area contributed by atoms with Gasteiger partial charge in [-0.25, -0.2) is 0 Å². The Bertz CT molecular complexity index is 1040. The quantitative estimate of drug-likeness (QED) is 0.564. The van der Waals surface area contributed by atoms with E-state index in [4.69, 9.17) is 4.74 Å². The molecule has 0 aliphatic carbocycles. The first kappa shape index (κ1) is 18.7. The van der Waals surface area contributed by atoms with Gasteiger partial charge in [0.25, 0.3) is 5.91 Å². The number of carbonyl (C=O) groups is 2. The minimum atomic E-state index is -0.229. The number of anilines is 1. The molecule has 1 aliphatic rings. The van der Waals surface area contributed by atoms with Gasteiger partial charge in [-0.3, -0.25) is 14.7 Å². The molecule has 0 spiro atoms. The lowest BCUT2D eigenvalue weighted by Gasteiger charge is -2.17. The topological polar surface area (TPSA) is 96.1 Å². The van der Waals surface area contributed by atoms with Crippen molar-refractivity contribution in [1.82, 2.24) is 15.5 Å². The van der Waals surface area contributed by atoms with Crippen molar-refractivity contribution in [3.63, 3.8) is 0 Å². The molecule has 1 aromatic heterocycles. The number of rotatable bonds is 6. The lowest BCUT2D eigenvalue weighted by atomic mass is 10.0. The molecule has 29 heavy (non-hydrogen) atoms. The predicted molar refractivity (Wildman–Crippen MR) is 110 cm³/mol. The molecule has 3 N–H and O–H groups in total. The molecule has 0 saturated heterocycles. The number of benzene rings is 2. The number of fused-ring (bicyclic) bond motifs is 1. The molecule has 0 saturated carbocycles. The van der Waals surface area contributed by atoms with E-state index in [1.807, 2.05) is 49.4 Å². The molecule has 7 heteroatoms. The molecule has 1 aliphatic heterocycles. The minimum absolute atomic E-state index is 0.0400. The Hall–Kier alpha value is -3.61. The summed E-state index contributed by atoms with van der Waals surface area (Å²) in [4.78, 5) is 23.7. The van der Waals surface area contributed by atoms with Gasteiger partial charge in [-0.15, -0.1) is 0 Å². The van der Waals surface area contributed by atoms with Crippen LogP contribution in [-0.4, -0.2) is 35.2 Å². The number of carbonyl (C=O) groups excluding carboxylic acids is 2. The standard InChI is InChI=1S/C22H22N4O3/c1-14-2-4-15(5-3-14)19-13-20(26-25-19)22(28)23-10-11-29-17-7-8-18-16(12-17)6-9-21(27)24-18/h2-5,7-8,12-13H,6,9-11H2,1H3,(H,23,28)(H,24,27)(H,25,26). The summed E-state index contributed by atoms with van der Waals surface area (Å²) in [5.41, 5.74) is 5.17. The summed E-state index contributed by atoms with van der Waals surface area (Å²) in [5, 5.41) is 12.7. The number of aryl methyl sites for hydroxylation is 2. The maximum Gasteiger partial charge on any atom is 0.269 e. The van der Waals surface area contributed by atoms with Crippen LogP contribution in [0.15, 0.2) is 48.5 Å². The fourth-order valence-corrected chi connectivity index (χ4v) is 3.19. The highest BCUT2D eigenvalue weighted by Crippen LogP contribution is 2.26. The van der Waals surface area contributed by atoms with E-state index in [9.17, 15) is 9.59 Å². The monoisotopic (exact) mass is 390 g/mol. The van der Waals surface area contributed by atoms with Gasteiger partial charge in [0.1, 0.15) is 18.1 Å². The summed E-state index contributed by atoms with van der Waals surface area (Å²) >= 11 is 0. The first-order valence-electron chi connectivity index (χ1n) is 9.55. The maximum atomic E-state index is 12.3. The second-order valence-electron chi connectivity index (χ2n) is 7.00. The molecule has 4 rings (SSSR count). The van der Waals surface area contributed by atoms with Crippen LogP contribution in [0.5, 0.6) is 5.75 Å². The molecule has 2 aromatic carbocycles. The zero-order chi connectivity index (χ0) is 20.2. The second-order valence-corrected chi connectivity index (χ2v) is 7.00. The van der Waals surface area contributed by atoms with Crippen LogP contribution in [0.1, 0.15) is 28.0 Å². The number of aromatic nitrogens is 2. The molecule has 2 heterocycles. The third-order valence-corrected chi connectivity index (χ3v) is 4.80. The van der Waals surface area contributed by atoms with Crippen LogP contribution >= 0.6 is 0 Å². The van der Waals surface area contributed by atoms with Crippen LogP contribution in [0.25, 0.3) is 11.3 Å². The Kier molecular flexibility index (Phi) is 5.29. The van der Waals surface area contributed by atoms with Crippen molar-refractivity contribution >= 4 is 17.5 Å². The minimum Gasteiger partial charge on any atom is -0.492 e. The summed E-state index contributed by atoms with van der Waals surface area (Å²) in [6.45, 7) is 2.73. The van der Waals surface area contributed by atoms with Gasteiger partial charge >= 0.3 is 0 Å². The van der Waals surface area contributed by atoms with E-state index >= 15 is 0 Å². The summed E-state index contributed by atoms with van der Waals surface area (Å²) in [5.74, 6) is 0.531. The highest BCUT2D eigenvalue weighted by Gasteiger charge is 2.15. The van der Waals surface area contributed by atoms with Gasteiger partial charge in [-0.1, -0.05) is 29.8 Å². The molecule has 3 aromatic rings. The van der Waals surface area contributed by atoms with Gasteiger partial charge in [0.2, 0.25) is 5.91 Å². The average Bonchev–Trinajstić information content (AvgIpc) is 3.22. The third-order valence-electron chi connectivity index (χ3n) is 4.80. The lowest BCUT2D eigenvalue weighted by Crippen LogP contribution is -2.28. The number of amides is 2. The largest absolute Gasteiger partial charge is 0.492 e. The molecular formula is C22H22N4O3. The van der Waals surface area contributed by atoms with E-state index in [-0.39, 0.29) is 11.8 Å². The molecule has 2 amide bonds. The molecule has 0 atom stereocenters. The lowest BCUT2D eigenvalue weighted by molar-refractivity contribution is -0.116. The first-order valence-corrected chi connectivity index (χ1v) is 9.55. The number of nitrogens with one attached hydrogen (secondary N) is 3. The number of H-pyrrole nitrogens is 1. The van der Waals surface area contributed by atoms with Gasteiger partial charge in [0.15, 0.2) is 0 Å². The number of aromatic amines is 1. The van der Waals surface area contributed by atoms with Crippen molar-refractivity contribution in [3.05, 3.63) is 65.4 Å².